The summed E-state index contributed by atoms with van der Waals surface area (Å²) in [6.45, 7) is 1.16. The molecule has 0 atom stereocenters. The minimum Gasteiger partial charge on any atom is -0.452 e. The van der Waals surface area contributed by atoms with Crippen molar-refractivity contribution in [3.05, 3.63) is 41.7 Å². The minimum atomic E-state index is -0.857. The van der Waals surface area contributed by atoms with E-state index in [4.69, 9.17) is 9.26 Å². The van der Waals surface area contributed by atoms with Gasteiger partial charge >= 0.3 is 5.97 Å². The Morgan fingerprint density at radius 1 is 1.26 bits per heavy atom. The van der Waals surface area contributed by atoms with Gasteiger partial charge in [0.2, 0.25) is 0 Å². The normalized spacial score (nSPS) is 15.6. The third-order valence-electron chi connectivity index (χ3n) is 4.75. The van der Waals surface area contributed by atoms with Gasteiger partial charge in [0.25, 0.3) is 5.91 Å². The molecule has 1 aromatic carbocycles. The quantitative estimate of drug-likeness (QED) is 0.814. The van der Waals surface area contributed by atoms with Crippen LogP contribution in [0.25, 0.3) is 11.3 Å². The number of hydrogen-bond acceptors (Lipinski definition) is 6. The van der Waals surface area contributed by atoms with Gasteiger partial charge in [0.1, 0.15) is 22.6 Å². The number of ether oxygens (including phenoxy) is 1. The van der Waals surface area contributed by atoms with Crippen molar-refractivity contribution in [2.75, 3.05) is 6.61 Å². The standard InChI is InChI=1S/C20H21N3O4/c1-14-17(18(23-27-14)15-8-4-2-5-9-15)19(25)26-12-16(24)22-20(13-21)10-6-3-7-11-20/h2,4-5,8-9H,3,6-7,10-12H2,1H3,(H,22,24). The predicted octanol–water partition coefficient (Wildman–Crippen LogP) is 3.15. The van der Waals surface area contributed by atoms with E-state index >= 15 is 0 Å². The van der Waals surface area contributed by atoms with Gasteiger partial charge in [-0.05, 0) is 19.8 Å². The van der Waals surface area contributed by atoms with Crippen LogP contribution in [0.1, 0.15) is 48.2 Å². The molecule has 7 nitrogen and oxygen atoms in total. The van der Waals surface area contributed by atoms with Crippen LogP contribution in [-0.4, -0.2) is 29.2 Å². The molecule has 1 amide bonds. The average Bonchev–Trinajstić information content (AvgIpc) is 3.09. The Bertz CT molecular complexity index is 861. The fourth-order valence-electron chi connectivity index (χ4n) is 3.33. The zero-order valence-electron chi connectivity index (χ0n) is 15.2. The highest BCUT2D eigenvalue weighted by Crippen LogP contribution is 2.28. The Morgan fingerprint density at radius 2 is 1.96 bits per heavy atom. The molecule has 1 aliphatic carbocycles. The van der Waals surface area contributed by atoms with Crippen LogP contribution < -0.4 is 5.32 Å². The fraction of sp³-hybridized carbons (Fsp3) is 0.400. The molecule has 1 fully saturated rings. The lowest BCUT2D eigenvalue weighted by molar-refractivity contribution is -0.125. The number of rotatable bonds is 5. The molecule has 0 radical (unpaired) electrons. The van der Waals surface area contributed by atoms with Crippen molar-refractivity contribution in [3.8, 4) is 17.3 Å². The summed E-state index contributed by atoms with van der Waals surface area (Å²) in [5.41, 5.74) is 0.432. The summed E-state index contributed by atoms with van der Waals surface area (Å²) in [4.78, 5) is 24.7. The summed E-state index contributed by atoms with van der Waals surface area (Å²) >= 11 is 0. The predicted molar refractivity (Wildman–Crippen MR) is 96.5 cm³/mol. The molecule has 1 N–H and O–H groups in total. The zero-order chi connectivity index (χ0) is 19.3. The second kappa shape index (κ2) is 8.04. The summed E-state index contributed by atoms with van der Waals surface area (Å²) in [6.07, 6.45) is 4.09. The van der Waals surface area contributed by atoms with E-state index in [9.17, 15) is 14.9 Å². The molecule has 3 rings (SSSR count). The molecule has 140 valence electrons. The molecule has 0 aliphatic heterocycles. The molecular formula is C20H21N3O4. The second-order valence-corrected chi connectivity index (χ2v) is 6.71. The summed E-state index contributed by atoms with van der Waals surface area (Å²) < 4.78 is 10.3. The van der Waals surface area contributed by atoms with E-state index in [2.05, 4.69) is 16.5 Å². The molecule has 0 bridgehead atoms. The Kier molecular flexibility index (Phi) is 5.55. The molecule has 0 unspecified atom stereocenters. The van der Waals surface area contributed by atoms with Crippen molar-refractivity contribution < 1.29 is 18.8 Å². The molecule has 0 saturated heterocycles. The van der Waals surface area contributed by atoms with Crippen LogP contribution in [0.2, 0.25) is 0 Å². The van der Waals surface area contributed by atoms with Crippen molar-refractivity contribution in [3.63, 3.8) is 0 Å². The van der Waals surface area contributed by atoms with Gasteiger partial charge in [-0.3, -0.25) is 4.79 Å². The molecule has 2 aromatic rings. The molecule has 1 saturated carbocycles. The maximum atomic E-state index is 12.5. The highest BCUT2D eigenvalue weighted by molar-refractivity contribution is 5.98. The van der Waals surface area contributed by atoms with Gasteiger partial charge in [0.05, 0.1) is 6.07 Å². The maximum absolute atomic E-state index is 12.5. The summed E-state index contributed by atoms with van der Waals surface area (Å²) in [5, 5.41) is 16.1. The summed E-state index contributed by atoms with van der Waals surface area (Å²) in [7, 11) is 0. The molecule has 1 aliphatic rings. The molecule has 0 spiro atoms. The van der Waals surface area contributed by atoms with Gasteiger partial charge in [0, 0.05) is 5.56 Å². The van der Waals surface area contributed by atoms with Crippen molar-refractivity contribution in [1.82, 2.24) is 10.5 Å². The van der Waals surface area contributed by atoms with E-state index < -0.39 is 24.0 Å². The third kappa shape index (κ3) is 4.17. The monoisotopic (exact) mass is 367 g/mol. The molecule has 27 heavy (non-hydrogen) atoms. The number of carbonyl (C=O) groups is 2. The van der Waals surface area contributed by atoms with Crippen LogP contribution in [0.15, 0.2) is 34.9 Å². The first kappa shape index (κ1) is 18.6. The number of nitrogens with one attached hydrogen (secondary N) is 1. The van der Waals surface area contributed by atoms with Crippen molar-refractivity contribution >= 4 is 11.9 Å². The SMILES string of the molecule is Cc1onc(-c2ccccc2)c1C(=O)OCC(=O)NC1(C#N)CCCCC1. The number of nitriles is 1. The molecule has 1 heterocycles. The summed E-state index contributed by atoms with van der Waals surface area (Å²) in [6, 6.07) is 11.3. The van der Waals surface area contributed by atoms with E-state index in [1.54, 1.807) is 19.1 Å². The Labute approximate surface area is 157 Å². The van der Waals surface area contributed by atoms with E-state index in [0.29, 0.717) is 24.3 Å². The lowest BCUT2D eigenvalue weighted by Crippen LogP contribution is -2.50. The molecule has 1 aromatic heterocycles. The van der Waals surface area contributed by atoms with Crippen LogP contribution in [0.3, 0.4) is 0 Å². The second-order valence-electron chi connectivity index (χ2n) is 6.71. The highest BCUT2D eigenvalue weighted by atomic mass is 16.5. The Morgan fingerprint density at radius 3 is 2.63 bits per heavy atom. The van der Waals surface area contributed by atoms with Gasteiger partial charge in [-0.25, -0.2) is 4.79 Å². The lowest BCUT2D eigenvalue weighted by Gasteiger charge is -2.31. The lowest BCUT2D eigenvalue weighted by atomic mass is 9.83. The van der Waals surface area contributed by atoms with Crippen molar-refractivity contribution in [2.24, 2.45) is 0 Å². The molecule has 7 heteroatoms. The summed E-state index contributed by atoms with van der Waals surface area (Å²) in [5.74, 6) is -0.848. The van der Waals surface area contributed by atoms with Gasteiger partial charge in [-0.1, -0.05) is 54.8 Å². The van der Waals surface area contributed by atoms with Crippen molar-refractivity contribution in [1.29, 1.82) is 5.26 Å². The number of hydrogen-bond donors (Lipinski definition) is 1. The first-order valence-electron chi connectivity index (χ1n) is 8.96. The fourth-order valence-corrected chi connectivity index (χ4v) is 3.33. The van der Waals surface area contributed by atoms with Gasteiger partial charge in [0.15, 0.2) is 6.61 Å². The number of nitrogens with zero attached hydrogens (tertiary/aromatic N) is 2. The van der Waals surface area contributed by atoms with Gasteiger partial charge < -0.3 is 14.6 Å². The topological polar surface area (TPSA) is 105 Å². The van der Waals surface area contributed by atoms with E-state index in [1.807, 2.05) is 18.2 Å². The van der Waals surface area contributed by atoms with Gasteiger partial charge in [-0.2, -0.15) is 5.26 Å². The van der Waals surface area contributed by atoms with E-state index in [0.717, 1.165) is 24.8 Å². The largest absolute Gasteiger partial charge is 0.452 e. The highest BCUT2D eigenvalue weighted by Gasteiger charge is 2.34. The minimum absolute atomic E-state index is 0.196. The first-order chi connectivity index (χ1) is 13.0. The third-order valence-corrected chi connectivity index (χ3v) is 4.75. The number of carbonyl (C=O) groups excluding carboxylic acids is 2. The number of esters is 1. The van der Waals surface area contributed by atoms with Crippen LogP contribution >= 0.6 is 0 Å². The first-order valence-corrected chi connectivity index (χ1v) is 8.96. The van der Waals surface area contributed by atoms with Crippen LogP contribution in [-0.2, 0) is 9.53 Å². The number of amides is 1. The number of aryl methyl sites for hydroxylation is 1. The van der Waals surface area contributed by atoms with Crippen molar-refractivity contribution in [2.45, 2.75) is 44.6 Å². The maximum Gasteiger partial charge on any atom is 0.344 e. The Hall–Kier alpha value is -3.14. The smallest absolute Gasteiger partial charge is 0.344 e. The average molecular weight is 367 g/mol. The van der Waals surface area contributed by atoms with E-state index in [-0.39, 0.29) is 5.56 Å². The van der Waals surface area contributed by atoms with Crippen LogP contribution in [0.4, 0.5) is 0 Å². The van der Waals surface area contributed by atoms with Gasteiger partial charge in [-0.15, -0.1) is 0 Å². The van der Waals surface area contributed by atoms with Crippen LogP contribution in [0, 0.1) is 18.3 Å². The van der Waals surface area contributed by atoms with E-state index in [1.165, 1.54) is 0 Å². The number of aromatic nitrogens is 1. The zero-order valence-corrected chi connectivity index (χ0v) is 15.2. The molecular weight excluding hydrogens is 346 g/mol. The van der Waals surface area contributed by atoms with Crippen LogP contribution in [0.5, 0.6) is 0 Å². The number of benzene rings is 1. The Balaban J connectivity index is 1.66.